The van der Waals surface area contributed by atoms with E-state index in [-0.39, 0.29) is 11.8 Å². The van der Waals surface area contributed by atoms with E-state index in [0.717, 1.165) is 47.0 Å². The average molecular weight is 387 g/mol. The fraction of sp³-hybridized carbons (Fsp3) is 0.316. The third kappa shape index (κ3) is 3.81. The molecule has 3 aromatic rings. The number of hydrogen-bond acceptors (Lipinski definition) is 5. The minimum Gasteiger partial charge on any atom is -0.357 e. The number of para-hydroxylation sites is 1. The van der Waals surface area contributed by atoms with Crippen LogP contribution in [0.5, 0.6) is 0 Å². The first-order valence-electron chi connectivity index (χ1n) is 8.68. The Hall–Kier alpha value is -2.18. The number of rotatable bonds is 4. The lowest BCUT2D eigenvalue weighted by Crippen LogP contribution is -2.40. The summed E-state index contributed by atoms with van der Waals surface area (Å²) < 4.78 is 1.15. The Morgan fingerprint density at radius 1 is 1.23 bits per heavy atom. The standard InChI is InChI=1S/C19H19ClN4OS/c20-14-5-6-17(21-11-14)24-9-7-13(8-10-24)19(25)22-12-18-23-15-3-1-2-4-16(15)26-18/h1-6,11,13H,7-10,12H2,(H,22,25). The summed E-state index contributed by atoms with van der Waals surface area (Å²) in [5.41, 5.74) is 0.991. The van der Waals surface area contributed by atoms with Crippen molar-refractivity contribution in [2.75, 3.05) is 18.0 Å². The number of aromatic nitrogens is 2. The molecule has 1 amide bonds. The molecule has 26 heavy (non-hydrogen) atoms. The van der Waals surface area contributed by atoms with Gasteiger partial charge in [-0.3, -0.25) is 4.79 Å². The first kappa shape index (κ1) is 17.2. The zero-order chi connectivity index (χ0) is 17.9. The number of nitrogens with zero attached hydrogens (tertiary/aromatic N) is 3. The molecule has 5 nitrogen and oxygen atoms in total. The molecular formula is C19H19ClN4OS. The van der Waals surface area contributed by atoms with E-state index in [1.54, 1.807) is 17.5 Å². The Balaban J connectivity index is 1.30. The second-order valence-corrected chi connectivity index (χ2v) is 7.94. The summed E-state index contributed by atoms with van der Waals surface area (Å²) in [4.78, 5) is 23.6. The summed E-state index contributed by atoms with van der Waals surface area (Å²) in [6, 6.07) is 11.8. The number of halogens is 1. The summed E-state index contributed by atoms with van der Waals surface area (Å²) in [5.74, 6) is 1.09. The molecule has 4 rings (SSSR count). The number of pyridine rings is 1. The van der Waals surface area contributed by atoms with E-state index in [1.807, 2.05) is 30.3 Å². The second kappa shape index (κ2) is 7.60. The molecular weight excluding hydrogens is 368 g/mol. The number of anilines is 1. The minimum atomic E-state index is 0.0490. The summed E-state index contributed by atoms with van der Waals surface area (Å²) in [7, 11) is 0. The Morgan fingerprint density at radius 3 is 2.77 bits per heavy atom. The van der Waals surface area contributed by atoms with E-state index in [2.05, 4.69) is 26.3 Å². The Bertz CT molecular complexity index is 870. The van der Waals surface area contributed by atoms with Crippen LogP contribution >= 0.6 is 22.9 Å². The average Bonchev–Trinajstić information content (AvgIpc) is 3.10. The van der Waals surface area contributed by atoms with E-state index in [4.69, 9.17) is 11.6 Å². The Morgan fingerprint density at radius 2 is 2.04 bits per heavy atom. The summed E-state index contributed by atoms with van der Waals surface area (Å²) in [5, 5.41) is 4.63. The van der Waals surface area contributed by atoms with Crippen molar-refractivity contribution in [1.82, 2.24) is 15.3 Å². The smallest absolute Gasteiger partial charge is 0.223 e. The summed E-state index contributed by atoms with van der Waals surface area (Å²) in [6.45, 7) is 2.15. The maximum Gasteiger partial charge on any atom is 0.223 e. The maximum absolute atomic E-state index is 12.5. The second-order valence-electron chi connectivity index (χ2n) is 6.39. The minimum absolute atomic E-state index is 0.0490. The molecule has 2 aromatic heterocycles. The van der Waals surface area contributed by atoms with Crippen molar-refractivity contribution in [2.45, 2.75) is 19.4 Å². The van der Waals surface area contributed by atoms with Crippen LogP contribution in [-0.2, 0) is 11.3 Å². The van der Waals surface area contributed by atoms with Crippen molar-refractivity contribution in [3.8, 4) is 0 Å². The molecule has 0 spiro atoms. The molecule has 0 unspecified atom stereocenters. The van der Waals surface area contributed by atoms with Gasteiger partial charge in [0.15, 0.2) is 0 Å². The largest absolute Gasteiger partial charge is 0.357 e. The van der Waals surface area contributed by atoms with Crippen LogP contribution in [0.25, 0.3) is 10.2 Å². The van der Waals surface area contributed by atoms with Gasteiger partial charge < -0.3 is 10.2 Å². The molecule has 1 fully saturated rings. The van der Waals surface area contributed by atoms with E-state index in [9.17, 15) is 4.79 Å². The first-order chi connectivity index (χ1) is 12.7. The van der Waals surface area contributed by atoms with Crippen LogP contribution in [0, 0.1) is 5.92 Å². The van der Waals surface area contributed by atoms with Crippen molar-refractivity contribution >= 4 is 44.9 Å². The highest BCUT2D eigenvalue weighted by Crippen LogP contribution is 2.24. The third-order valence-corrected chi connectivity index (χ3v) is 5.91. The van der Waals surface area contributed by atoms with Gasteiger partial charge in [-0.15, -0.1) is 11.3 Å². The molecule has 1 saturated heterocycles. The molecule has 3 heterocycles. The molecule has 0 aliphatic carbocycles. The molecule has 1 aliphatic rings. The molecule has 0 radical (unpaired) electrons. The van der Waals surface area contributed by atoms with Crippen molar-refractivity contribution in [3.05, 3.63) is 52.6 Å². The quantitative estimate of drug-likeness (QED) is 0.739. The number of carbonyl (C=O) groups is 1. The lowest BCUT2D eigenvalue weighted by molar-refractivity contribution is -0.125. The molecule has 1 N–H and O–H groups in total. The summed E-state index contributed by atoms with van der Waals surface area (Å²) in [6.07, 6.45) is 3.32. The van der Waals surface area contributed by atoms with Gasteiger partial charge in [-0.05, 0) is 37.1 Å². The Labute approximate surface area is 161 Å². The van der Waals surface area contributed by atoms with E-state index < -0.39 is 0 Å². The van der Waals surface area contributed by atoms with Gasteiger partial charge in [-0.25, -0.2) is 9.97 Å². The zero-order valence-electron chi connectivity index (χ0n) is 14.2. The monoisotopic (exact) mass is 386 g/mol. The number of nitrogens with one attached hydrogen (secondary N) is 1. The number of piperidine rings is 1. The zero-order valence-corrected chi connectivity index (χ0v) is 15.8. The van der Waals surface area contributed by atoms with E-state index in [0.29, 0.717) is 11.6 Å². The first-order valence-corrected chi connectivity index (χ1v) is 9.87. The van der Waals surface area contributed by atoms with Gasteiger partial charge in [0.1, 0.15) is 10.8 Å². The number of amides is 1. The fourth-order valence-corrected chi connectivity index (χ4v) is 4.25. The number of carbonyl (C=O) groups excluding carboxylic acids is 1. The van der Waals surface area contributed by atoms with Gasteiger partial charge in [-0.1, -0.05) is 23.7 Å². The third-order valence-electron chi connectivity index (χ3n) is 4.65. The molecule has 1 aliphatic heterocycles. The number of hydrogen-bond donors (Lipinski definition) is 1. The van der Waals surface area contributed by atoms with Gasteiger partial charge in [0.05, 0.1) is 21.8 Å². The maximum atomic E-state index is 12.5. The van der Waals surface area contributed by atoms with Gasteiger partial charge in [0, 0.05) is 25.2 Å². The summed E-state index contributed by atoms with van der Waals surface area (Å²) >= 11 is 7.52. The molecule has 0 saturated carbocycles. The predicted octanol–water partition coefficient (Wildman–Crippen LogP) is 3.88. The Kier molecular flexibility index (Phi) is 5.04. The van der Waals surface area contributed by atoms with Crippen LogP contribution < -0.4 is 10.2 Å². The topological polar surface area (TPSA) is 58.1 Å². The van der Waals surface area contributed by atoms with Crippen LogP contribution in [0.2, 0.25) is 5.02 Å². The van der Waals surface area contributed by atoms with Crippen LogP contribution in [0.4, 0.5) is 5.82 Å². The lowest BCUT2D eigenvalue weighted by Gasteiger charge is -2.32. The van der Waals surface area contributed by atoms with Gasteiger partial charge in [-0.2, -0.15) is 0 Å². The van der Waals surface area contributed by atoms with Gasteiger partial charge in [0.2, 0.25) is 5.91 Å². The van der Waals surface area contributed by atoms with E-state index >= 15 is 0 Å². The van der Waals surface area contributed by atoms with Crippen molar-refractivity contribution in [2.24, 2.45) is 5.92 Å². The number of fused-ring (bicyclic) bond motifs is 1. The normalized spacial score (nSPS) is 15.3. The van der Waals surface area contributed by atoms with E-state index in [1.165, 1.54) is 0 Å². The highest BCUT2D eigenvalue weighted by molar-refractivity contribution is 7.18. The van der Waals surface area contributed by atoms with Gasteiger partial charge in [0.25, 0.3) is 0 Å². The molecule has 0 atom stereocenters. The van der Waals surface area contributed by atoms with Crippen molar-refractivity contribution in [1.29, 1.82) is 0 Å². The molecule has 134 valence electrons. The van der Waals surface area contributed by atoms with Crippen LogP contribution in [0.15, 0.2) is 42.6 Å². The molecule has 0 bridgehead atoms. The lowest BCUT2D eigenvalue weighted by atomic mass is 9.96. The highest BCUT2D eigenvalue weighted by atomic mass is 35.5. The number of thiazole rings is 1. The van der Waals surface area contributed by atoms with Crippen molar-refractivity contribution < 1.29 is 4.79 Å². The van der Waals surface area contributed by atoms with Gasteiger partial charge >= 0.3 is 0 Å². The fourth-order valence-electron chi connectivity index (χ4n) is 3.23. The highest BCUT2D eigenvalue weighted by Gasteiger charge is 2.25. The molecule has 1 aromatic carbocycles. The van der Waals surface area contributed by atoms with Crippen LogP contribution in [0.1, 0.15) is 17.8 Å². The SMILES string of the molecule is O=C(NCc1nc2ccccc2s1)C1CCN(c2ccc(Cl)cn2)CC1. The van der Waals surface area contributed by atoms with Crippen molar-refractivity contribution in [3.63, 3.8) is 0 Å². The van der Waals surface area contributed by atoms with Crippen LogP contribution in [0.3, 0.4) is 0 Å². The number of benzene rings is 1. The van der Waals surface area contributed by atoms with Crippen LogP contribution in [-0.4, -0.2) is 29.0 Å². The molecule has 7 heteroatoms. The predicted molar refractivity (Wildman–Crippen MR) is 106 cm³/mol.